The minimum absolute atomic E-state index is 0.106. The molecule has 1 aliphatic rings. The zero-order valence-corrected chi connectivity index (χ0v) is 14.0. The van der Waals surface area contributed by atoms with Crippen molar-refractivity contribution in [1.29, 1.82) is 0 Å². The fourth-order valence-electron chi connectivity index (χ4n) is 3.25. The zero-order valence-electron chi connectivity index (χ0n) is 14.0. The van der Waals surface area contributed by atoms with Crippen LogP contribution in [0.2, 0.25) is 0 Å². The van der Waals surface area contributed by atoms with E-state index in [1.54, 1.807) is 6.08 Å². The van der Waals surface area contributed by atoms with Crippen LogP contribution in [0.4, 0.5) is 5.69 Å². The van der Waals surface area contributed by atoms with Crippen LogP contribution in [-0.2, 0) is 24.2 Å². The molecule has 1 aromatic heterocycles. The predicted molar refractivity (Wildman–Crippen MR) is 93.5 cm³/mol. The van der Waals surface area contributed by atoms with Crippen molar-refractivity contribution in [3.8, 4) is 0 Å². The van der Waals surface area contributed by atoms with Crippen LogP contribution in [0.1, 0.15) is 41.4 Å². The summed E-state index contributed by atoms with van der Waals surface area (Å²) in [6, 6.07) is 6.21. The highest BCUT2D eigenvalue weighted by Gasteiger charge is 2.11. The third-order valence-electron chi connectivity index (χ3n) is 4.50. The predicted octanol–water partition coefficient (Wildman–Crippen LogP) is 3.66. The molecule has 0 bridgehead atoms. The Bertz CT molecular complexity index is 771. The molecule has 23 heavy (non-hydrogen) atoms. The molecular weight excluding hydrogens is 286 g/mol. The molecule has 1 aromatic carbocycles. The maximum absolute atomic E-state index is 12.2. The molecule has 0 aliphatic heterocycles. The first-order chi connectivity index (χ1) is 11.1. The molecule has 0 atom stereocenters. The normalized spacial score (nSPS) is 13.5. The number of hydrogen-bond acceptors (Lipinski definition) is 2. The molecule has 1 heterocycles. The van der Waals surface area contributed by atoms with Gasteiger partial charge < -0.3 is 5.32 Å². The van der Waals surface area contributed by atoms with E-state index in [1.807, 2.05) is 30.7 Å². The largest absolute Gasteiger partial charge is 0.323 e. The molecule has 2 aromatic rings. The van der Waals surface area contributed by atoms with Gasteiger partial charge in [-0.15, -0.1) is 0 Å². The number of benzene rings is 1. The van der Waals surface area contributed by atoms with Crippen LogP contribution >= 0.6 is 0 Å². The van der Waals surface area contributed by atoms with Crippen molar-refractivity contribution in [3.63, 3.8) is 0 Å². The van der Waals surface area contributed by atoms with E-state index >= 15 is 0 Å². The van der Waals surface area contributed by atoms with Crippen molar-refractivity contribution in [1.82, 2.24) is 9.78 Å². The van der Waals surface area contributed by atoms with Gasteiger partial charge >= 0.3 is 0 Å². The third kappa shape index (κ3) is 3.21. The molecule has 1 N–H and O–H groups in total. The van der Waals surface area contributed by atoms with E-state index < -0.39 is 0 Å². The molecule has 4 nitrogen and oxygen atoms in total. The van der Waals surface area contributed by atoms with Gasteiger partial charge in [0.05, 0.1) is 5.69 Å². The SMILES string of the molecule is CCn1nc(C)c(/C=C\C(=O)Nc2ccc3c(c2)CCC3)c1C. The van der Waals surface area contributed by atoms with Crippen molar-refractivity contribution in [2.45, 2.75) is 46.6 Å². The maximum atomic E-state index is 12.2. The molecule has 0 spiro atoms. The van der Waals surface area contributed by atoms with Crippen molar-refractivity contribution >= 4 is 17.7 Å². The molecule has 1 amide bonds. The van der Waals surface area contributed by atoms with Crippen molar-refractivity contribution in [3.05, 3.63) is 52.4 Å². The van der Waals surface area contributed by atoms with Crippen LogP contribution in [-0.4, -0.2) is 15.7 Å². The number of aromatic nitrogens is 2. The van der Waals surface area contributed by atoms with Gasteiger partial charge in [0.25, 0.3) is 0 Å². The number of carbonyl (C=O) groups excluding carboxylic acids is 1. The monoisotopic (exact) mass is 309 g/mol. The van der Waals surface area contributed by atoms with Gasteiger partial charge in [-0.2, -0.15) is 5.10 Å². The Morgan fingerprint density at radius 3 is 2.83 bits per heavy atom. The lowest BCUT2D eigenvalue weighted by atomic mass is 10.1. The molecule has 0 fully saturated rings. The summed E-state index contributed by atoms with van der Waals surface area (Å²) in [5.74, 6) is -0.106. The Balaban J connectivity index is 1.71. The molecule has 0 radical (unpaired) electrons. The lowest BCUT2D eigenvalue weighted by Gasteiger charge is -2.05. The molecule has 0 saturated carbocycles. The summed E-state index contributed by atoms with van der Waals surface area (Å²) in [5, 5.41) is 7.41. The van der Waals surface area contributed by atoms with E-state index in [2.05, 4.69) is 29.5 Å². The summed E-state index contributed by atoms with van der Waals surface area (Å²) < 4.78 is 1.95. The van der Waals surface area contributed by atoms with E-state index in [0.717, 1.165) is 42.0 Å². The van der Waals surface area contributed by atoms with Crippen LogP contribution in [0.25, 0.3) is 6.08 Å². The van der Waals surface area contributed by atoms with Gasteiger partial charge in [0.1, 0.15) is 0 Å². The molecule has 4 heteroatoms. The smallest absolute Gasteiger partial charge is 0.248 e. The number of anilines is 1. The van der Waals surface area contributed by atoms with Gasteiger partial charge in [-0.05, 0) is 69.4 Å². The van der Waals surface area contributed by atoms with Gasteiger partial charge in [0.2, 0.25) is 5.91 Å². The lowest BCUT2D eigenvalue weighted by Crippen LogP contribution is -2.08. The van der Waals surface area contributed by atoms with E-state index in [1.165, 1.54) is 17.5 Å². The first-order valence-electron chi connectivity index (χ1n) is 8.23. The number of carbonyl (C=O) groups is 1. The lowest BCUT2D eigenvalue weighted by molar-refractivity contribution is -0.111. The summed E-state index contributed by atoms with van der Waals surface area (Å²) in [6.45, 7) is 6.90. The van der Waals surface area contributed by atoms with Crippen LogP contribution < -0.4 is 5.32 Å². The van der Waals surface area contributed by atoms with Crippen molar-refractivity contribution in [2.75, 3.05) is 5.32 Å². The number of nitrogens with zero attached hydrogens (tertiary/aromatic N) is 2. The van der Waals surface area contributed by atoms with Gasteiger partial charge in [-0.25, -0.2) is 0 Å². The summed E-state index contributed by atoms with van der Waals surface area (Å²) in [5.41, 5.74) is 6.71. The minimum atomic E-state index is -0.106. The molecule has 1 aliphatic carbocycles. The Labute approximate surface area is 137 Å². The van der Waals surface area contributed by atoms with E-state index in [0.29, 0.717) is 0 Å². The second-order valence-electron chi connectivity index (χ2n) is 6.06. The molecule has 120 valence electrons. The average molecular weight is 309 g/mol. The number of fused-ring (bicyclic) bond motifs is 1. The topological polar surface area (TPSA) is 46.9 Å². The molecule has 0 saturated heterocycles. The van der Waals surface area contributed by atoms with Crippen molar-refractivity contribution < 1.29 is 4.79 Å². The van der Waals surface area contributed by atoms with Gasteiger partial charge in [0, 0.05) is 29.6 Å². The highest BCUT2D eigenvalue weighted by molar-refractivity contribution is 6.02. The Morgan fingerprint density at radius 1 is 1.30 bits per heavy atom. The van der Waals surface area contributed by atoms with Crippen LogP contribution in [0, 0.1) is 13.8 Å². The number of aryl methyl sites for hydroxylation is 4. The Hall–Kier alpha value is -2.36. The Kier molecular flexibility index (Phi) is 4.33. The average Bonchev–Trinajstić information content (AvgIpc) is 3.09. The summed E-state index contributed by atoms with van der Waals surface area (Å²) in [6.07, 6.45) is 6.93. The zero-order chi connectivity index (χ0) is 16.4. The number of rotatable bonds is 4. The van der Waals surface area contributed by atoms with E-state index in [-0.39, 0.29) is 5.91 Å². The van der Waals surface area contributed by atoms with E-state index in [4.69, 9.17) is 0 Å². The van der Waals surface area contributed by atoms with Gasteiger partial charge in [-0.3, -0.25) is 9.48 Å². The Morgan fingerprint density at radius 2 is 2.09 bits per heavy atom. The van der Waals surface area contributed by atoms with Crippen LogP contribution in [0.5, 0.6) is 0 Å². The maximum Gasteiger partial charge on any atom is 0.248 e. The summed E-state index contributed by atoms with van der Waals surface area (Å²) in [7, 11) is 0. The minimum Gasteiger partial charge on any atom is -0.323 e. The third-order valence-corrected chi connectivity index (χ3v) is 4.50. The number of hydrogen-bond donors (Lipinski definition) is 1. The van der Waals surface area contributed by atoms with Gasteiger partial charge in [0.15, 0.2) is 0 Å². The first kappa shape index (κ1) is 15.5. The standard InChI is InChI=1S/C19H23N3O/c1-4-22-14(3)18(13(2)21-22)10-11-19(23)20-17-9-8-15-6-5-7-16(15)12-17/h8-12H,4-7H2,1-3H3,(H,20,23)/b11-10-. The molecule has 0 unspecified atom stereocenters. The highest BCUT2D eigenvalue weighted by Crippen LogP contribution is 2.25. The van der Waals surface area contributed by atoms with Gasteiger partial charge in [-0.1, -0.05) is 6.07 Å². The second kappa shape index (κ2) is 6.41. The van der Waals surface area contributed by atoms with E-state index in [9.17, 15) is 4.79 Å². The summed E-state index contributed by atoms with van der Waals surface area (Å²) in [4.78, 5) is 12.2. The quantitative estimate of drug-likeness (QED) is 0.876. The fraction of sp³-hybridized carbons (Fsp3) is 0.368. The van der Waals surface area contributed by atoms with Crippen LogP contribution in [0.3, 0.4) is 0 Å². The summed E-state index contributed by atoms with van der Waals surface area (Å²) >= 11 is 0. The second-order valence-corrected chi connectivity index (χ2v) is 6.06. The fourth-order valence-corrected chi connectivity index (χ4v) is 3.25. The van der Waals surface area contributed by atoms with Crippen LogP contribution in [0.15, 0.2) is 24.3 Å². The highest BCUT2D eigenvalue weighted by atomic mass is 16.1. The molecular formula is C19H23N3O. The first-order valence-corrected chi connectivity index (χ1v) is 8.23. The number of nitrogens with one attached hydrogen (secondary N) is 1. The number of amides is 1. The molecule has 3 rings (SSSR count). The van der Waals surface area contributed by atoms with Crippen molar-refractivity contribution in [2.24, 2.45) is 0 Å².